The molecular formula is C31H32ClN9O3. The Morgan fingerprint density at radius 3 is 2.75 bits per heavy atom. The maximum atomic E-state index is 6.83. The number of pyridine rings is 1. The van der Waals surface area contributed by atoms with Crippen molar-refractivity contribution < 1.29 is 14.2 Å². The first kappa shape index (κ1) is 28.3. The van der Waals surface area contributed by atoms with E-state index in [1.165, 1.54) is 0 Å². The van der Waals surface area contributed by atoms with Crippen LogP contribution in [-0.4, -0.2) is 58.2 Å². The van der Waals surface area contributed by atoms with E-state index in [0.717, 1.165) is 11.3 Å². The van der Waals surface area contributed by atoms with Crippen LogP contribution in [0.5, 0.6) is 11.5 Å². The molecule has 2 unspecified atom stereocenters. The van der Waals surface area contributed by atoms with E-state index in [9.17, 15) is 0 Å². The molecule has 6 aromatic rings. The Kier molecular flexibility index (Phi) is 7.19. The molecule has 12 nitrogen and oxygen atoms in total. The summed E-state index contributed by atoms with van der Waals surface area (Å²) >= 11 is 6.83. The molecule has 0 bridgehead atoms. The first-order valence-electron chi connectivity index (χ1n) is 14.3. The number of halogens is 1. The van der Waals surface area contributed by atoms with Gasteiger partial charge >= 0.3 is 0 Å². The number of fused-ring (bicyclic) bond motifs is 2. The molecule has 1 aliphatic heterocycles. The minimum atomic E-state index is -0.183. The van der Waals surface area contributed by atoms with Gasteiger partial charge in [-0.3, -0.25) is 4.68 Å². The molecule has 0 radical (unpaired) electrons. The summed E-state index contributed by atoms with van der Waals surface area (Å²) in [7, 11) is 1.87. The number of benzene rings is 1. The summed E-state index contributed by atoms with van der Waals surface area (Å²) in [5, 5.41) is 13.0. The number of hydrogen-bond donors (Lipinski definition) is 1. The Labute approximate surface area is 258 Å². The average Bonchev–Trinajstić information content (AvgIpc) is 3.80. The summed E-state index contributed by atoms with van der Waals surface area (Å²) in [5.41, 5.74) is 3.75. The molecule has 1 fully saturated rings. The lowest BCUT2D eigenvalue weighted by molar-refractivity contribution is 0.0143. The number of imidazole rings is 2. The molecule has 1 N–H and O–H groups in total. The summed E-state index contributed by atoms with van der Waals surface area (Å²) in [6.45, 7) is 8.03. The normalized spacial score (nSPS) is 17.1. The first-order chi connectivity index (χ1) is 21.2. The van der Waals surface area contributed by atoms with Crippen molar-refractivity contribution in [2.45, 2.75) is 44.9 Å². The Hall–Kier alpha value is -4.52. The van der Waals surface area contributed by atoms with Crippen LogP contribution in [0.1, 0.15) is 38.1 Å². The van der Waals surface area contributed by atoms with Crippen LogP contribution in [0.4, 0.5) is 11.8 Å². The van der Waals surface area contributed by atoms with Crippen LogP contribution in [0.25, 0.3) is 16.8 Å². The lowest BCUT2D eigenvalue weighted by atomic mass is 9.91. The van der Waals surface area contributed by atoms with Crippen molar-refractivity contribution in [2.24, 2.45) is 7.05 Å². The lowest BCUT2D eigenvalue weighted by Crippen LogP contribution is -2.30. The molecule has 1 saturated heterocycles. The van der Waals surface area contributed by atoms with Crippen molar-refractivity contribution in [3.05, 3.63) is 83.5 Å². The van der Waals surface area contributed by atoms with E-state index in [2.05, 4.69) is 53.3 Å². The van der Waals surface area contributed by atoms with Gasteiger partial charge in [-0.05, 0) is 5.56 Å². The van der Waals surface area contributed by atoms with Crippen LogP contribution < -0.4 is 10.1 Å². The second-order valence-electron chi connectivity index (χ2n) is 11.8. The second-order valence-corrected chi connectivity index (χ2v) is 12.2. The number of aryl methyl sites for hydroxylation is 1. The van der Waals surface area contributed by atoms with Crippen molar-refractivity contribution in [1.29, 1.82) is 0 Å². The van der Waals surface area contributed by atoms with Gasteiger partial charge < -0.3 is 24.1 Å². The minimum absolute atomic E-state index is 0.0737. The summed E-state index contributed by atoms with van der Waals surface area (Å²) in [4.78, 5) is 13.5. The molecule has 0 spiro atoms. The molecule has 44 heavy (non-hydrogen) atoms. The smallest absolute Gasteiger partial charge is 0.210 e. The predicted octanol–water partition coefficient (Wildman–Crippen LogP) is 5.85. The van der Waals surface area contributed by atoms with E-state index in [1.54, 1.807) is 35.4 Å². The van der Waals surface area contributed by atoms with Crippen LogP contribution >= 0.6 is 11.6 Å². The highest BCUT2D eigenvalue weighted by Gasteiger charge is 2.35. The van der Waals surface area contributed by atoms with Gasteiger partial charge in [-0.2, -0.15) is 15.2 Å². The zero-order chi connectivity index (χ0) is 30.4. The fourth-order valence-electron chi connectivity index (χ4n) is 5.34. The number of aromatic nitrogens is 8. The summed E-state index contributed by atoms with van der Waals surface area (Å²) in [6.07, 6.45) is 6.45. The van der Waals surface area contributed by atoms with Crippen LogP contribution in [0.3, 0.4) is 0 Å². The summed E-state index contributed by atoms with van der Waals surface area (Å²) in [6, 6.07) is 13.9. The van der Waals surface area contributed by atoms with Gasteiger partial charge in [0.2, 0.25) is 5.95 Å². The van der Waals surface area contributed by atoms with Gasteiger partial charge in [0.05, 0.1) is 32.2 Å². The molecule has 7 rings (SSSR count). The van der Waals surface area contributed by atoms with Crippen LogP contribution in [0, 0.1) is 0 Å². The van der Waals surface area contributed by atoms with Gasteiger partial charge in [0.25, 0.3) is 0 Å². The highest BCUT2D eigenvalue weighted by molar-refractivity contribution is 6.36. The fourth-order valence-corrected chi connectivity index (χ4v) is 5.64. The number of nitrogens with zero attached hydrogens (tertiary/aromatic N) is 8. The molecule has 13 heteroatoms. The predicted molar refractivity (Wildman–Crippen MR) is 166 cm³/mol. The standard InChI is InChI=1S/C31H32ClN9O3/c1-31(2,3)24-13-25(38-41(24)21-17-42-18-23(21)43-16-19-8-6-5-7-9-19)36-30-37-29-28(39(30)4)27(32)22(15-34-29)44-20-12-26-33-10-11-40(26)35-14-20/h5-15,21,23H,16-18H2,1-4H3,(H,34,36,37,38). The second kappa shape index (κ2) is 11.2. The molecular weight excluding hydrogens is 582 g/mol. The Balaban J connectivity index is 1.15. The van der Waals surface area contributed by atoms with Crippen molar-refractivity contribution in [3.8, 4) is 11.5 Å². The maximum Gasteiger partial charge on any atom is 0.210 e. The fraction of sp³-hybridized carbons (Fsp3) is 0.323. The monoisotopic (exact) mass is 613 g/mol. The summed E-state index contributed by atoms with van der Waals surface area (Å²) < 4.78 is 23.8. The molecule has 1 aromatic carbocycles. The third-order valence-electron chi connectivity index (χ3n) is 7.63. The minimum Gasteiger partial charge on any atom is -0.452 e. The molecule has 226 valence electrons. The molecule has 0 amide bonds. The zero-order valence-corrected chi connectivity index (χ0v) is 25.6. The number of rotatable bonds is 8. The quantitative estimate of drug-likeness (QED) is 0.225. The van der Waals surface area contributed by atoms with Crippen molar-refractivity contribution in [3.63, 3.8) is 0 Å². The largest absolute Gasteiger partial charge is 0.452 e. The van der Waals surface area contributed by atoms with Gasteiger partial charge in [-0.15, -0.1) is 0 Å². The topological polar surface area (TPSA) is 118 Å². The number of anilines is 2. The van der Waals surface area contributed by atoms with E-state index in [0.29, 0.717) is 64.9 Å². The van der Waals surface area contributed by atoms with Gasteiger partial charge in [-0.1, -0.05) is 62.7 Å². The third kappa shape index (κ3) is 5.36. The van der Waals surface area contributed by atoms with Gasteiger partial charge in [0, 0.05) is 42.7 Å². The zero-order valence-electron chi connectivity index (χ0n) is 24.8. The van der Waals surface area contributed by atoms with E-state index >= 15 is 0 Å². The molecule has 1 aliphatic rings. The Bertz CT molecular complexity index is 1940. The van der Waals surface area contributed by atoms with Gasteiger partial charge in [-0.25, -0.2) is 14.5 Å². The Morgan fingerprint density at radius 2 is 1.93 bits per heavy atom. The van der Waals surface area contributed by atoms with Gasteiger partial charge in [0.15, 0.2) is 28.6 Å². The van der Waals surface area contributed by atoms with E-state index in [4.69, 9.17) is 35.9 Å². The lowest BCUT2D eigenvalue weighted by Gasteiger charge is -2.26. The van der Waals surface area contributed by atoms with E-state index in [-0.39, 0.29) is 17.6 Å². The van der Waals surface area contributed by atoms with Crippen LogP contribution in [0.2, 0.25) is 5.02 Å². The van der Waals surface area contributed by atoms with Crippen molar-refractivity contribution >= 4 is 40.2 Å². The highest BCUT2D eigenvalue weighted by Crippen LogP contribution is 2.37. The first-order valence-corrected chi connectivity index (χ1v) is 14.7. The van der Waals surface area contributed by atoms with Crippen molar-refractivity contribution in [1.82, 2.24) is 38.9 Å². The van der Waals surface area contributed by atoms with Crippen molar-refractivity contribution in [2.75, 3.05) is 18.5 Å². The highest BCUT2D eigenvalue weighted by atomic mass is 35.5. The Morgan fingerprint density at radius 1 is 1.09 bits per heavy atom. The molecule has 5 aromatic heterocycles. The van der Waals surface area contributed by atoms with E-state index < -0.39 is 0 Å². The van der Waals surface area contributed by atoms with Crippen LogP contribution in [-0.2, 0) is 28.5 Å². The molecule has 0 saturated carbocycles. The van der Waals surface area contributed by atoms with Gasteiger partial charge in [0.1, 0.15) is 22.7 Å². The number of nitrogens with one attached hydrogen (secondary N) is 1. The molecule has 6 heterocycles. The SMILES string of the molecule is Cn1c(Nc2cc(C(C)(C)C)n(C3COCC3OCc3ccccc3)n2)nc2ncc(Oc3cnn4ccnc4c3)c(Cl)c21. The molecule has 2 atom stereocenters. The number of hydrogen-bond acceptors (Lipinski definition) is 9. The summed E-state index contributed by atoms with van der Waals surface area (Å²) in [5.74, 6) is 2.06. The average molecular weight is 614 g/mol. The molecule has 0 aliphatic carbocycles. The number of ether oxygens (including phenoxy) is 3. The maximum absolute atomic E-state index is 6.83. The van der Waals surface area contributed by atoms with E-state index in [1.807, 2.05) is 40.6 Å². The van der Waals surface area contributed by atoms with Crippen LogP contribution in [0.15, 0.2) is 67.3 Å². The third-order valence-corrected chi connectivity index (χ3v) is 7.99.